The number of sulfonamides is 1. The normalized spacial score (nSPS) is 34.9. The molecule has 1 heterocycles. The molecule has 6 rings (SSSR count). The Hall–Kier alpha value is -1.84. The van der Waals surface area contributed by atoms with Gasteiger partial charge in [-0.3, -0.25) is 0 Å². The first-order chi connectivity index (χ1) is 16.2. The number of ether oxygens (including phenoxy) is 1. The highest BCUT2D eigenvalue weighted by molar-refractivity contribution is 7.89. The summed E-state index contributed by atoms with van der Waals surface area (Å²) in [4.78, 5) is 15.3. The van der Waals surface area contributed by atoms with Gasteiger partial charge in [0, 0.05) is 38.8 Å². The van der Waals surface area contributed by atoms with E-state index < -0.39 is 15.6 Å². The summed E-state index contributed by atoms with van der Waals surface area (Å²) in [7, 11) is -0.518. The van der Waals surface area contributed by atoms with Crippen LogP contribution in [0.4, 0.5) is 4.79 Å². The number of urea groups is 1. The van der Waals surface area contributed by atoms with E-state index in [2.05, 4.69) is 5.32 Å². The zero-order chi connectivity index (χ0) is 24.1. The third kappa shape index (κ3) is 4.54. The van der Waals surface area contributed by atoms with Crippen LogP contribution in [0, 0.1) is 23.7 Å². The lowest BCUT2D eigenvalue weighted by atomic mass is 9.52. The van der Waals surface area contributed by atoms with E-state index in [1.54, 1.807) is 25.2 Å². The van der Waals surface area contributed by atoms with Gasteiger partial charge >= 0.3 is 6.03 Å². The number of carbonyl (C=O) groups excluding carboxylic acids is 1. The fraction of sp³-hybridized carbons (Fsp3) is 0.720. The molecular weight excluding hydrogens is 454 g/mol. The number of piperidine rings is 1. The minimum absolute atomic E-state index is 0.0348. The van der Waals surface area contributed by atoms with E-state index in [1.807, 2.05) is 4.90 Å². The van der Waals surface area contributed by atoms with Gasteiger partial charge in [0.15, 0.2) is 0 Å². The van der Waals surface area contributed by atoms with Crippen LogP contribution in [0.5, 0.6) is 5.75 Å². The topological polar surface area (TPSA) is 99.2 Å². The predicted molar refractivity (Wildman–Crippen MR) is 128 cm³/mol. The van der Waals surface area contributed by atoms with Gasteiger partial charge in [-0.1, -0.05) is 6.07 Å². The maximum Gasteiger partial charge on any atom is 0.317 e. The quantitative estimate of drug-likeness (QED) is 0.638. The molecular formula is C25H37N3O5S. The SMILES string of the molecule is COc1cccc(S(=O)(=O)N(C)C[C@H]2CCCN(C(=O)NC3C4CC5CC3CC(O)(C5)C4)C2)c1. The lowest BCUT2D eigenvalue weighted by Gasteiger charge is -2.58. The molecule has 9 heteroatoms. The summed E-state index contributed by atoms with van der Waals surface area (Å²) < 4.78 is 32.7. The van der Waals surface area contributed by atoms with Gasteiger partial charge in [0.1, 0.15) is 5.75 Å². The van der Waals surface area contributed by atoms with Gasteiger partial charge in [-0.2, -0.15) is 0 Å². The van der Waals surface area contributed by atoms with Crippen LogP contribution in [0.2, 0.25) is 0 Å². The van der Waals surface area contributed by atoms with Crippen molar-refractivity contribution in [3.8, 4) is 5.75 Å². The van der Waals surface area contributed by atoms with Gasteiger partial charge < -0.3 is 20.1 Å². The third-order valence-corrected chi connectivity index (χ3v) is 10.4. The number of nitrogens with one attached hydrogen (secondary N) is 1. The Bertz CT molecular complexity index is 1020. The van der Waals surface area contributed by atoms with Gasteiger partial charge in [0.25, 0.3) is 0 Å². The lowest BCUT2D eigenvalue weighted by Crippen LogP contribution is -2.63. The zero-order valence-electron chi connectivity index (χ0n) is 20.2. The molecule has 188 valence electrons. The maximum absolute atomic E-state index is 13.2. The van der Waals surface area contributed by atoms with Crippen molar-refractivity contribution < 1.29 is 23.1 Å². The highest BCUT2D eigenvalue weighted by atomic mass is 32.2. The van der Waals surface area contributed by atoms with Crippen LogP contribution < -0.4 is 10.1 Å². The molecule has 1 aromatic carbocycles. The molecule has 0 radical (unpaired) electrons. The number of amides is 2. The molecule has 4 saturated carbocycles. The second kappa shape index (κ2) is 8.99. The van der Waals surface area contributed by atoms with E-state index in [4.69, 9.17) is 4.74 Å². The van der Waals surface area contributed by atoms with E-state index in [0.717, 1.165) is 44.9 Å². The maximum atomic E-state index is 13.2. The van der Waals surface area contributed by atoms with E-state index in [1.165, 1.54) is 17.5 Å². The van der Waals surface area contributed by atoms with Gasteiger partial charge in [0.05, 0.1) is 17.6 Å². The number of benzene rings is 1. The van der Waals surface area contributed by atoms with Crippen molar-refractivity contribution in [1.29, 1.82) is 0 Å². The Morgan fingerprint density at radius 1 is 1.26 bits per heavy atom. The first kappa shape index (κ1) is 23.9. The Kier molecular flexibility index (Phi) is 6.31. The fourth-order valence-electron chi connectivity index (χ4n) is 7.25. The second-order valence-corrected chi connectivity index (χ2v) is 13.1. The molecule has 1 aromatic rings. The summed E-state index contributed by atoms with van der Waals surface area (Å²) in [6.07, 6.45) is 6.52. The standard InChI is InChI=1S/C25H37N3O5S/c1-27(34(31,32)22-7-3-6-21(11-22)33-2)15-17-5-4-8-28(16-17)24(29)26-23-19-9-18-10-20(23)14-25(30,12-18)13-19/h3,6-7,11,17-20,23,30H,4-5,8-10,12-16H2,1-2H3,(H,26,29)/t17-,18?,19?,20?,23?,25?/m1/s1. The van der Waals surface area contributed by atoms with Crippen molar-refractivity contribution in [3.05, 3.63) is 24.3 Å². The Balaban J connectivity index is 1.19. The van der Waals surface area contributed by atoms with Crippen LogP contribution in [0.1, 0.15) is 44.9 Å². The smallest absolute Gasteiger partial charge is 0.317 e. The van der Waals surface area contributed by atoms with Crippen LogP contribution in [0.15, 0.2) is 29.2 Å². The van der Waals surface area contributed by atoms with Gasteiger partial charge in [-0.05, 0) is 80.8 Å². The van der Waals surface area contributed by atoms with Crippen LogP contribution in [0.25, 0.3) is 0 Å². The first-order valence-electron chi connectivity index (χ1n) is 12.5. The average Bonchev–Trinajstić information content (AvgIpc) is 2.80. The number of aliphatic hydroxyl groups is 1. The summed E-state index contributed by atoms with van der Waals surface area (Å²) in [5, 5.41) is 14.1. The van der Waals surface area contributed by atoms with E-state index in [9.17, 15) is 18.3 Å². The molecule has 5 fully saturated rings. The molecule has 0 spiro atoms. The Morgan fingerprint density at radius 3 is 2.68 bits per heavy atom. The number of rotatable bonds is 6. The molecule has 34 heavy (non-hydrogen) atoms. The molecule has 2 amide bonds. The molecule has 4 bridgehead atoms. The van der Waals surface area contributed by atoms with E-state index in [0.29, 0.717) is 43.1 Å². The number of nitrogens with zero attached hydrogens (tertiary/aromatic N) is 2. The lowest BCUT2D eigenvalue weighted by molar-refractivity contribution is -0.137. The predicted octanol–water partition coefficient (Wildman–Crippen LogP) is 2.68. The molecule has 4 aliphatic carbocycles. The summed E-state index contributed by atoms with van der Waals surface area (Å²) in [5.41, 5.74) is -0.507. The monoisotopic (exact) mass is 491 g/mol. The van der Waals surface area contributed by atoms with Crippen LogP contribution in [-0.2, 0) is 10.0 Å². The Labute approximate surface area is 202 Å². The largest absolute Gasteiger partial charge is 0.497 e. The molecule has 3 atom stereocenters. The molecule has 2 N–H and O–H groups in total. The van der Waals surface area contributed by atoms with Crippen LogP contribution >= 0.6 is 0 Å². The first-order valence-corrected chi connectivity index (χ1v) is 14.0. The molecule has 0 aromatic heterocycles. The number of hydrogen-bond donors (Lipinski definition) is 2. The zero-order valence-corrected chi connectivity index (χ0v) is 21.0. The van der Waals surface area contributed by atoms with Gasteiger partial charge in [-0.25, -0.2) is 17.5 Å². The highest BCUT2D eigenvalue weighted by Gasteiger charge is 2.55. The molecule has 8 nitrogen and oxygen atoms in total. The van der Waals surface area contributed by atoms with Crippen LogP contribution in [0.3, 0.4) is 0 Å². The fourth-order valence-corrected chi connectivity index (χ4v) is 8.54. The van der Waals surface area contributed by atoms with E-state index >= 15 is 0 Å². The Morgan fingerprint density at radius 2 is 2.00 bits per heavy atom. The second-order valence-electron chi connectivity index (χ2n) is 11.1. The molecule has 1 saturated heterocycles. The molecule has 2 unspecified atom stereocenters. The van der Waals surface area contributed by atoms with Crippen molar-refractivity contribution in [3.63, 3.8) is 0 Å². The summed E-state index contributed by atoms with van der Waals surface area (Å²) in [5.74, 6) is 1.95. The number of hydrogen-bond acceptors (Lipinski definition) is 5. The molecule has 1 aliphatic heterocycles. The molecule has 5 aliphatic rings. The number of likely N-dealkylation sites (tertiary alicyclic amines) is 1. The third-order valence-electron chi connectivity index (χ3n) is 8.60. The van der Waals surface area contributed by atoms with Crippen molar-refractivity contribution in [2.24, 2.45) is 23.7 Å². The van der Waals surface area contributed by atoms with E-state index in [-0.39, 0.29) is 22.9 Å². The number of carbonyl (C=O) groups is 1. The van der Waals surface area contributed by atoms with Crippen molar-refractivity contribution in [2.45, 2.75) is 61.5 Å². The van der Waals surface area contributed by atoms with Crippen molar-refractivity contribution in [1.82, 2.24) is 14.5 Å². The van der Waals surface area contributed by atoms with Crippen LogP contribution in [-0.4, -0.2) is 74.2 Å². The minimum atomic E-state index is -3.64. The number of methoxy groups -OCH3 is 1. The van der Waals surface area contributed by atoms with Crippen molar-refractivity contribution >= 4 is 16.1 Å². The van der Waals surface area contributed by atoms with Gasteiger partial charge in [-0.15, -0.1) is 0 Å². The van der Waals surface area contributed by atoms with Gasteiger partial charge in [0.2, 0.25) is 10.0 Å². The van der Waals surface area contributed by atoms with Crippen molar-refractivity contribution in [2.75, 3.05) is 33.8 Å². The average molecular weight is 492 g/mol. The summed E-state index contributed by atoms with van der Waals surface area (Å²) >= 11 is 0. The summed E-state index contributed by atoms with van der Waals surface area (Å²) in [6, 6.07) is 6.63. The highest BCUT2D eigenvalue weighted by Crippen LogP contribution is 2.55. The summed E-state index contributed by atoms with van der Waals surface area (Å²) in [6.45, 7) is 1.62. The minimum Gasteiger partial charge on any atom is -0.497 e.